The van der Waals surface area contributed by atoms with Crippen molar-refractivity contribution >= 4 is 23.1 Å². The number of benzene rings is 2. The van der Waals surface area contributed by atoms with Gasteiger partial charge in [-0.1, -0.05) is 24.3 Å². The van der Waals surface area contributed by atoms with Crippen LogP contribution in [0.2, 0.25) is 0 Å². The third-order valence-corrected chi connectivity index (χ3v) is 2.50. The molecule has 0 fully saturated rings. The van der Waals surface area contributed by atoms with E-state index in [0.717, 1.165) is 17.7 Å². The molecule has 0 radical (unpaired) electrons. The molecule has 0 amide bonds. The van der Waals surface area contributed by atoms with Gasteiger partial charge in [-0.3, -0.25) is 0 Å². The minimum Gasteiger partial charge on any atom is -1.00 e. The van der Waals surface area contributed by atoms with E-state index < -0.39 is 0 Å². The maximum absolute atomic E-state index is 5.81. The molecule has 3 heteroatoms. The second kappa shape index (κ2) is 10.1. The first kappa shape index (κ1) is 18.2. The fourth-order valence-electron chi connectivity index (χ4n) is 1.65. The van der Waals surface area contributed by atoms with E-state index in [2.05, 4.69) is 18.7 Å². The molecule has 0 spiro atoms. The summed E-state index contributed by atoms with van der Waals surface area (Å²) < 4.78 is 5.81. The van der Waals surface area contributed by atoms with Crippen molar-refractivity contribution in [3.8, 4) is 5.75 Å². The molecule has 2 aromatic carbocycles. The molecule has 0 saturated carbocycles. The van der Waals surface area contributed by atoms with Gasteiger partial charge in [-0.15, -0.1) is 12.1 Å². The van der Waals surface area contributed by atoms with Crippen molar-refractivity contribution in [3.05, 3.63) is 78.4 Å². The van der Waals surface area contributed by atoms with Crippen LogP contribution in [0.25, 0.3) is 0 Å². The zero-order valence-electron chi connectivity index (χ0n) is 10.8. The van der Waals surface area contributed by atoms with Crippen LogP contribution in [0.3, 0.4) is 0 Å². The minimum atomic E-state index is 0. The van der Waals surface area contributed by atoms with Gasteiger partial charge in [0, 0.05) is 0 Å². The molecular weight excluding hydrogens is 312 g/mol. The smallest absolute Gasteiger partial charge is 1.00 e. The van der Waals surface area contributed by atoms with Crippen LogP contribution in [0.4, 0.5) is 0 Å². The summed E-state index contributed by atoms with van der Waals surface area (Å²) in [5, 5.41) is 0. The zero-order chi connectivity index (χ0) is 11.9. The fourth-order valence-corrected chi connectivity index (χ4v) is 1.65. The number of halogens is 1. The van der Waals surface area contributed by atoms with Crippen LogP contribution in [0.1, 0.15) is 11.1 Å². The van der Waals surface area contributed by atoms with E-state index in [1.807, 2.05) is 48.5 Å². The van der Waals surface area contributed by atoms with Gasteiger partial charge in [-0.2, -0.15) is 30.3 Å². The summed E-state index contributed by atoms with van der Waals surface area (Å²) in [6.07, 6.45) is 2.72. The molecule has 0 saturated heterocycles. The largest absolute Gasteiger partial charge is 2.00 e. The van der Waals surface area contributed by atoms with Gasteiger partial charge in [0.05, 0.1) is 6.61 Å². The Hall–Kier alpha value is -0.774. The monoisotopic (exact) mass is 326 g/mol. The number of hydrogen-bond acceptors (Lipinski definition) is 1. The van der Waals surface area contributed by atoms with Crippen LogP contribution in [-0.4, -0.2) is 23.1 Å². The second-order valence-corrected chi connectivity index (χ2v) is 3.80. The van der Waals surface area contributed by atoms with Gasteiger partial charge in [0.1, 0.15) is 5.75 Å². The van der Waals surface area contributed by atoms with Crippen LogP contribution < -0.4 is 21.7 Å². The van der Waals surface area contributed by atoms with Gasteiger partial charge in [0.25, 0.3) is 0 Å². The van der Waals surface area contributed by atoms with Crippen molar-refractivity contribution in [1.82, 2.24) is 0 Å². The molecule has 0 atom stereocenters. The number of rotatable bonds is 5. The average Bonchev–Trinajstić information content (AvgIpc) is 2.39. The predicted molar refractivity (Wildman–Crippen MR) is 75.7 cm³/mol. The topological polar surface area (TPSA) is 9.23 Å². The summed E-state index contributed by atoms with van der Waals surface area (Å²) in [4.78, 5) is 0. The van der Waals surface area contributed by atoms with E-state index in [4.69, 9.17) is 4.74 Å². The first-order chi connectivity index (χ1) is 8.40. The summed E-state index contributed by atoms with van der Waals surface area (Å²) in [5.74, 6) is 0.927. The van der Waals surface area contributed by atoms with E-state index in [1.165, 1.54) is 5.56 Å². The fraction of sp³-hybridized carbons (Fsp3) is 0.125. The van der Waals surface area contributed by atoms with E-state index in [0.29, 0.717) is 6.61 Å². The Balaban J connectivity index is 0.00000162. The van der Waals surface area contributed by atoms with E-state index in [-0.39, 0.29) is 40.0 Å². The second-order valence-electron chi connectivity index (χ2n) is 3.80. The Morgan fingerprint density at radius 1 is 1.16 bits per heavy atom. The SMILES string of the molecule is C=CCc1ccccc1OCc1c[c-]ccc1.[Br-].[Mg+2]. The third-order valence-electron chi connectivity index (χ3n) is 2.50. The third kappa shape index (κ3) is 5.81. The first-order valence-corrected chi connectivity index (χ1v) is 5.67. The van der Waals surface area contributed by atoms with Crippen molar-refractivity contribution in [2.45, 2.75) is 13.0 Å². The van der Waals surface area contributed by atoms with Crippen molar-refractivity contribution in [3.63, 3.8) is 0 Å². The van der Waals surface area contributed by atoms with Gasteiger partial charge >= 0.3 is 23.1 Å². The van der Waals surface area contributed by atoms with Crippen molar-refractivity contribution < 1.29 is 21.7 Å². The quantitative estimate of drug-likeness (QED) is 0.439. The number of hydrogen-bond donors (Lipinski definition) is 0. The number of ether oxygens (including phenoxy) is 1. The van der Waals surface area contributed by atoms with E-state index in [9.17, 15) is 0 Å². The minimum absolute atomic E-state index is 0. The van der Waals surface area contributed by atoms with E-state index >= 15 is 0 Å². The van der Waals surface area contributed by atoms with Crippen LogP contribution in [-0.2, 0) is 13.0 Å². The first-order valence-electron chi connectivity index (χ1n) is 5.67. The van der Waals surface area contributed by atoms with Gasteiger partial charge in [0.15, 0.2) is 0 Å². The van der Waals surface area contributed by atoms with Gasteiger partial charge < -0.3 is 21.7 Å². The Morgan fingerprint density at radius 2 is 1.95 bits per heavy atom. The standard InChI is InChI=1S/C16H15O.BrH.Mg/c1-2-8-15-11-6-7-12-16(15)17-13-14-9-4-3-5-10-14;;/h2-4,6-7,9-12H,1,8,13H2;1H;/q-1;;+2/p-1. The maximum atomic E-state index is 5.81. The van der Waals surface area contributed by atoms with Gasteiger partial charge in [0.2, 0.25) is 0 Å². The molecule has 0 aliphatic heterocycles. The van der Waals surface area contributed by atoms with Crippen LogP contribution in [0.5, 0.6) is 5.75 Å². The summed E-state index contributed by atoms with van der Waals surface area (Å²) >= 11 is 0. The molecule has 94 valence electrons. The van der Waals surface area contributed by atoms with Crippen LogP contribution in [0, 0.1) is 6.07 Å². The number of para-hydroxylation sites is 1. The maximum Gasteiger partial charge on any atom is 2.00 e. The van der Waals surface area contributed by atoms with E-state index in [1.54, 1.807) is 0 Å². The Bertz CT molecular complexity index is 485. The van der Waals surface area contributed by atoms with Gasteiger partial charge in [-0.05, 0) is 18.1 Å². The molecule has 0 aromatic heterocycles. The Morgan fingerprint density at radius 3 is 2.63 bits per heavy atom. The Kier molecular flexibility index (Phi) is 9.66. The van der Waals surface area contributed by atoms with Crippen molar-refractivity contribution in [2.75, 3.05) is 0 Å². The molecule has 0 aliphatic rings. The zero-order valence-corrected chi connectivity index (χ0v) is 13.8. The molecule has 19 heavy (non-hydrogen) atoms. The molecule has 0 heterocycles. The summed E-state index contributed by atoms with van der Waals surface area (Å²) in [5.41, 5.74) is 2.29. The molecule has 0 N–H and O–H groups in total. The molecule has 0 unspecified atom stereocenters. The summed E-state index contributed by atoms with van der Waals surface area (Å²) in [6.45, 7) is 4.33. The normalized spacial score (nSPS) is 8.84. The molecule has 0 bridgehead atoms. The molecular formula is C16H15BrMgO. The van der Waals surface area contributed by atoms with Crippen LogP contribution >= 0.6 is 0 Å². The number of allylic oxidation sites excluding steroid dienone is 1. The van der Waals surface area contributed by atoms with Crippen molar-refractivity contribution in [2.24, 2.45) is 0 Å². The Labute approximate surface area is 141 Å². The molecule has 1 nitrogen and oxygen atoms in total. The predicted octanol–water partition coefficient (Wildman–Crippen LogP) is 0.417. The molecule has 2 aromatic rings. The van der Waals surface area contributed by atoms with Crippen molar-refractivity contribution in [1.29, 1.82) is 0 Å². The molecule has 2 rings (SSSR count). The van der Waals surface area contributed by atoms with Crippen LogP contribution in [0.15, 0.2) is 61.2 Å². The average molecular weight is 328 g/mol. The molecule has 0 aliphatic carbocycles. The van der Waals surface area contributed by atoms with Gasteiger partial charge in [-0.25, -0.2) is 0 Å². The summed E-state index contributed by atoms with van der Waals surface area (Å²) in [6, 6.07) is 18.9. The summed E-state index contributed by atoms with van der Waals surface area (Å²) in [7, 11) is 0.